The molecule has 1 amide bonds. The standard InChI is InChI=1S/C20H24N4OS/c1-3-10-21-20(25)13-8-9-16-15(11-13)22-18(24(16)2)12-19-23-14-6-4-5-7-17(14)26-19/h8-9,11H,3-7,10,12H2,1-2H3,(H,21,25). The molecule has 0 saturated carbocycles. The van der Waals surface area contributed by atoms with Gasteiger partial charge < -0.3 is 9.88 Å². The lowest BCUT2D eigenvalue weighted by Crippen LogP contribution is -2.23. The number of benzene rings is 1. The van der Waals surface area contributed by atoms with Gasteiger partial charge in [-0.05, 0) is 50.3 Å². The van der Waals surface area contributed by atoms with Gasteiger partial charge in [0.2, 0.25) is 0 Å². The summed E-state index contributed by atoms with van der Waals surface area (Å²) in [5, 5.41) is 4.07. The first-order chi connectivity index (χ1) is 12.7. The van der Waals surface area contributed by atoms with E-state index < -0.39 is 0 Å². The number of nitrogens with one attached hydrogen (secondary N) is 1. The van der Waals surface area contributed by atoms with Gasteiger partial charge >= 0.3 is 0 Å². The van der Waals surface area contributed by atoms with Crippen molar-refractivity contribution in [3.05, 3.63) is 45.2 Å². The van der Waals surface area contributed by atoms with Gasteiger partial charge in [0.1, 0.15) is 10.8 Å². The second kappa shape index (κ2) is 7.19. The van der Waals surface area contributed by atoms with Crippen LogP contribution >= 0.6 is 11.3 Å². The van der Waals surface area contributed by atoms with Crippen molar-refractivity contribution in [2.75, 3.05) is 6.54 Å². The number of carbonyl (C=O) groups is 1. The molecule has 0 aliphatic heterocycles. The van der Waals surface area contributed by atoms with Crippen LogP contribution < -0.4 is 5.32 Å². The SMILES string of the molecule is CCCNC(=O)c1ccc2c(c1)nc(Cc1nc3c(s1)CCCC3)n2C. The number of aromatic nitrogens is 3. The molecule has 0 bridgehead atoms. The molecule has 1 aliphatic rings. The van der Waals surface area contributed by atoms with Crippen molar-refractivity contribution in [2.24, 2.45) is 7.05 Å². The summed E-state index contributed by atoms with van der Waals surface area (Å²) in [4.78, 5) is 23.3. The molecule has 2 heterocycles. The minimum Gasteiger partial charge on any atom is -0.352 e. The molecule has 26 heavy (non-hydrogen) atoms. The van der Waals surface area contributed by atoms with Crippen molar-refractivity contribution < 1.29 is 4.79 Å². The number of fused-ring (bicyclic) bond motifs is 2. The Labute approximate surface area is 157 Å². The molecule has 4 rings (SSSR count). The van der Waals surface area contributed by atoms with E-state index in [1.807, 2.05) is 43.5 Å². The highest BCUT2D eigenvalue weighted by Gasteiger charge is 2.17. The number of aryl methyl sites for hydroxylation is 3. The third-order valence-corrected chi connectivity index (χ3v) is 6.13. The number of carbonyl (C=O) groups excluding carboxylic acids is 1. The van der Waals surface area contributed by atoms with Crippen LogP contribution in [0.1, 0.15) is 57.9 Å². The van der Waals surface area contributed by atoms with Gasteiger partial charge in [-0.15, -0.1) is 11.3 Å². The largest absolute Gasteiger partial charge is 0.352 e. The number of hydrogen-bond donors (Lipinski definition) is 1. The Morgan fingerprint density at radius 3 is 2.92 bits per heavy atom. The van der Waals surface area contributed by atoms with Crippen molar-refractivity contribution in [1.29, 1.82) is 0 Å². The molecule has 0 radical (unpaired) electrons. The van der Waals surface area contributed by atoms with Gasteiger partial charge in [-0.3, -0.25) is 4.79 Å². The summed E-state index contributed by atoms with van der Waals surface area (Å²) in [6.45, 7) is 2.74. The first-order valence-corrected chi connectivity index (χ1v) is 10.2. The minimum atomic E-state index is -0.0337. The predicted molar refractivity (Wildman–Crippen MR) is 105 cm³/mol. The van der Waals surface area contributed by atoms with E-state index in [-0.39, 0.29) is 5.91 Å². The second-order valence-electron chi connectivity index (χ2n) is 6.91. The van der Waals surface area contributed by atoms with E-state index >= 15 is 0 Å². The van der Waals surface area contributed by atoms with Crippen LogP contribution in [-0.2, 0) is 26.3 Å². The van der Waals surface area contributed by atoms with Crippen molar-refractivity contribution in [2.45, 2.75) is 45.4 Å². The van der Waals surface area contributed by atoms with Crippen LogP contribution in [0.25, 0.3) is 11.0 Å². The fourth-order valence-corrected chi connectivity index (χ4v) is 4.66. The summed E-state index contributed by atoms with van der Waals surface area (Å²) >= 11 is 1.84. The molecule has 0 fully saturated rings. The topological polar surface area (TPSA) is 59.8 Å². The average molecular weight is 369 g/mol. The van der Waals surface area contributed by atoms with E-state index in [1.165, 1.54) is 29.8 Å². The number of thiazole rings is 1. The first-order valence-electron chi connectivity index (χ1n) is 9.36. The van der Waals surface area contributed by atoms with Crippen LogP contribution in [0.4, 0.5) is 0 Å². The zero-order valence-corrected chi connectivity index (χ0v) is 16.2. The molecule has 0 unspecified atom stereocenters. The monoisotopic (exact) mass is 368 g/mol. The molecule has 6 heteroatoms. The molecular formula is C20H24N4OS. The van der Waals surface area contributed by atoms with Gasteiger partial charge in [0.05, 0.1) is 23.1 Å². The zero-order valence-electron chi connectivity index (χ0n) is 15.3. The van der Waals surface area contributed by atoms with E-state index in [9.17, 15) is 4.79 Å². The van der Waals surface area contributed by atoms with E-state index in [2.05, 4.69) is 9.88 Å². The van der Waals surface area contributed by atoms with Crippen molar-refractivity contribution >= 4 is 28.3 Å². The molecule has 1 N–H and O–H groups in total. The highest BCUT2D eigenvalue weighted by molar-refractivity contribution is 7.11. The molecule has 136 valence electrons. The van der Waals surface area contributed by atoms with Crippen molar-refractivity contribution in [3.63, 3.8) is 0 Å². The third kappa shape index (κ3) is 3.26. The molecule has 0 saturated heterocycles. The molecule has 0 atom stereocenters. The van der Waals surface area contributed by atoms with Crippen LogP contribution in [0.3, 0.4) is 0 Å². The lowest BCUT2D eigenvalue weighted by molar-refractivity contribution is 0.0954. The first kappa shape index (κ1) is 17.2. The maximum absolute atomic E-state index is 12.2. The lowest BCUT2D eigenvalue weighted by Gasteiger charge is -2.06. The van der Waals surface area contributed by atoms with E-state index in [4.69, 9.17) is 9.97 Å². The average Bonchev–Trinajstić information content (AvgIpc) is 3.20. The number of rotatable bonds is 5. The Balaban J connectivity index is 1.60. The number of imidazole rings is 1. The third-order valence-electron chi connectivity index (χ3n) is 4.97. The zero-order chi connectivity index (χ0) is 18.1. The summed E-state index contributed by atoms with van der Waals surface area (Å²) in [7, 11) is 2.04. The van der Waals surface area contributed by atoms with Crippen LogP contribution in [0.5, 0.6) is 0 Å². The normalized spacial score (nSPS) is 13.8. The van der Waals surface area contributed by atoms with Gasteiger partial charge in [0, 0.05) is 24.0 Å². The number of nitrogens with zero attached hydrogens (tertiary/aromatic N) is 3. The molecule has 1 aromatic carbocycles. The predicted octanol–water partition coefficient (Wildman–Crippen LogP) is 3.64. The fourth-order valence-electron chi connectivity index (χ4n) is 3.51. The smallest absolute Gasteiger partial charge is 0.251 e. The molecule has 3 aromatic rings. The Morgan fingerprint density at radius 1 is 1.27 bits per heavy atom. The van der Waals surface area contributed by atoms with Gasteiger partial charge in [0.15, 0.2) is 0 Å². The molecule has 5 nitrogen and oxygen atoms in total. The summed E-state index contributed by atoms with van der Waals surface area (Å²) in [5.41, 5.74) is 3.88. The highest BCUT2D eigenvalue weighted by Crippen LogP contribution is 2.28. The Morgan fingerprint density at radius 2 is 2.12 bits per heavy atom. The van der Waals surface area contributed by atoms with Crippen LogP contribution in [0, 0.1) is 0 Å². The minimum absolute atomic E-state index is 0.0337. The van der Waals surface area contributed by atoms with Gasteiger partial charge in [-0.2, -0.15) is 0 Å². The lowest BCUT2D eigenvalue weighted by atomic mass is 10.0. The van der Waals surface area contributed by atoms with Crippen LogP contribution in [0.2, 0.25) is 0 Å². The quantitative estimate of drug-likeness (QED) is 0.748. The van der Waals surface area contributed by atoms with Gasteiger partial charge in [-0.1, -0.05) is 6.92 Å². The fraction of sp³-hybridized carbons (Fsp3) is 0.450. The maximum Gasteiger partial charge on any atom is 0.251 e. The van der Waals surface area contributed by atoms with Crippen LogP contribution in [-0.4, -0.2) is 27.0 Å². The summed E-state index contributed by atoms with van der Waals surface area (Å²) in [5.74, 6) is 0.964. The molecule has 1 aliphatic carbocycles. The van der Waals surface area contributed by atoms with E-state index in [1.54, 1.807) is 0 Å². The highest BCUT2D eigenvalue weighted by atomic mass is 32.1. The van der Waals surface area contributed by atoms with Gasteiger partial charge in [-0.25, -0.2) is 9.97 Å². The van der Waals surface area contributed by atoms with Crippen molar-refractivity contribution in [1.82, 2.24) is 19.9 Å². The maximum atomic E-state index is 12.2. The van der Waals surface area contributed by atoms with E-state index in [0.29, 0.717) is 12.1 Å². The summed E-state index contributed by atoms with van der Waals surface area (Å²) in [6, 6.07) is 5.75. The molecular weight excluding hydrogens is 344 g/mol. The Kier molecular flexibility index (Phi) is 4.76. The van der Waals surface area contributed by atoms with Crippen LogP contribution in [0.15, 0.2) is 18.2 Å². The Hall–Kier alpha value is -2.21. The molecule has 2 aromatic heterocycles. The summed E-state index contributed by atoms with van der Waals surface area (Å²) < 4.78 is 2.11. The number of hydrogen-bond acceptors (Lipinski definition) is 4. The summed E-state index contributed by atoms with van der Waals surface area (Å²) in [6.07, 6.45) is 6.51. The van der Waals surface area contributed by atoms with Gasteiger partial charge in [0.25, 0.3) is 5.91 Å². The number of amides is 1. The molecule has 0 spiro atoms. The second-order valence-corrected chi connectivity index (χ2v) is 8.08. The van der Waals surface area contributed by atoms with Crippen molar-refractivity contribution in [3.8, 4) is 0 Å². The Bertz CT molecular complexity index is 933. The van der Waals surface area contributed by atoms with E-state index in [0.717, 1.165) is 41.1 Å².